The summed E-state index contributed by atoms with van der Waals surface area (Å²) in [5.41, 5.74) is 1.03. The molecule has 0 radical (unpaired) electrons. The quantitative estimate of drug-likeness (QED) is 0.870. The van der Waals surface area contributed by atoms with Gasteiger partial charge in [0.1, 0.15) is 5.75 Å². The molecule has 1 aromatic carbocycles. The number of anilines is 1. The predicted octanol–water partition coefficient (Wildman–Crippen LogP) is 2.04. The summed E-state index contributed by atoms with van der Waals surface area (Å²) in [5, 5.41) is 2.66. The fraction of sp³-hybridized carbons (Fsp3) is 0.588. The van der Waals surface area contributed by atoms with E-state index in [0.717, 1.165) is 12.3 Å². The smallest absolute Gasteiger partial charge is 0.262 e. The fourth-order valence-corrected chi connectivity index (χ4v) is 5.76. The third-order valence-electron chi connectivity index (χ3n) is 5.62. The highest BCUT2D eigenvalue weighted by atomic mass is 32.2. The summed E-state index contributed by atoms with van der Waals surface area (Å²) >= 11 is 0. The molecule has 3 aliphatic rings. The molecule has 2 saturated carbocycles. The zero-order valence-electron chi connectivity index (χ0n) is 13.7. The first-order valence-electron chi connectivity index (χ1n) is 8.49. The molecule has 0 saturated heterocycles. The number of hydrogen-bond acceptors (Lipinski definition) is 4. The lowest BCUT2D eigenvalue weighted by molar-refractivity contribution is -0.118. The number of amides is 1. The minimum Gasteiger partial charge on any atom is -0.482 e. The minimum atomic E-state index is -3.60. The van der Waals surface area contributed by atoms with Gasteiger partial charge in [0, 0.05) is 6.54 Å². The number of hydrogen-bond donors (Lipinski definition) is 2. The maximum Gasteiger partial charge on any atom is 0.262 e. The van der Waals surface area contributed by atoms with Crippen molar-refractivity contribution in [1.29, 1.82) is 0 Å². The average Bonchev–Trinajstić information content (AvgIpc) is 3.15. The van der Waals surface area contributed by atoms with E-state index in [4.69, 9.17) is 4.74 Å². The SMILES string of the molecule is Cc1cc2c(cc1S(=O)(=O)NC[C@@H]1C[C@H]3CC[C@H]1C3)NC(=O)CO2. The lowest BCUT2D eigenvalue weighted by atomic mass is 9.89. The monoisotopic (exact) mass is 350 g/mol. The molecular formula is C17H22N2O4S. The van der Waals surface area contributed by atoms with E-state index < -0.39 is 10.0 Å². The molecule has 2 bridgehead atoms. The first-order chi connectivity index (χ1) is 11.4. The summed E-state index contributed by atoms with van der Waals surface area (Å²) in [6.07, 6.45) is 4.93. The van der Waals surface area contributed by atoms with E-state index in [0.29, 0.717) is 35.4 Å². The number of sulfonamides is 1. The van der Waals surface area contributed by atoms with Gasteiger partial charge < -0.3 is 10.1 Å². The lowest BCUT2D eigenvalue weighted by Gasteiger charge is -2.23. The van der Waals surface area contributed by atoms with Gasteiger partial charge in [0.25, 0.3) is 5.91 Å². The van der Waals surface area contributed by atoms with Crippen LogP contribution in [-0.2, 0) is 14.8 Å². The molecule has 1 amide bonds. The van der Waals surface area contributed by atoms with Gasteiger partial charge >= 0.3 is 0 Å². The molecule has 24 heavy (non-hydrogen) atoms. The Hall–Kier alpha value is -1.60. The zero-order valence-corrected chi connectivity index (χ0v) is 14.5. The van der Waals surface area contributed by atoms with Gasteiger partial charge in [-0.1, -0.05) is 6.42 Å². The van der Waals surface area contributed by atoms with Crippen LogP contribution in [0.4, 0.5) is 5.69 Å². The Morgan fingerprint density at radius 1 is 1.29 bits per heavy atom. The molecule has 0 aromatic heterocycles. The van der Waals surface area contributed by atoms with Crippen LogP contribution in [0.25, 0.3) is 0 Å². The van der Waals surface area contributed by atoms with Crippen molar-refractivity contribution in [2.24, 2.45) is 17.8 Å². The van der Waals surface area contributed by atoms with Crippen LogP contribution in [0.5, 0.6) is 5.75 Å². The Labute approximate surface area is 142 Å². The second kappa shape index (κ2) is 5.74. The van der Waals surface area contributed by atoms with Gasteiger partial charge in [-0.2, -0.15) is 0 Å². The van der Waals surface area contributed by atoms with Gasteiger partial charge in [0.2, 0.25) is 10.0 Å². The molecule has 2 N–H and O–H groups in total. The Kier molecular flexibility index (Phi) is 3.80. The van der Waals surface area contributed by atoms with E-state index in [-0.39, 0.29) is 17.4 Å². The number of benzene rings is 1. The van der Waals surface area contributed by atoms with Crippen LogP contribution in [0, 0.1) is 24.7 Å². The second-order valence-corrected chi connectivity index (χ2v) is 8.97. The van der Waals surface area contributed by atoms with Crippen LogP contribution in [0.2, 0.25) is 0 Å². The fourth-order valence-electron chi connectivity index (χ4n) is 4.42. The topological polar surface area (TPSA) is 84.5 Å². The molecule has 6 nitrogen and oxygen atoms in total. The molecule has 4 rings (SSSR count). The van der Waals surface area contributed by atoms with E-state index in [1.165, 1.54) is 25.3 Å². The maximum atomic E-state index is 12.7. The van der Waals surface area contributed by atoms with Crippen molar-refractivity contribution in [3.63, 3.8) is 0 Å². The van der Waals surface area contributed by atoms with Crippen LogP contribution in [-0.4, -0.2) is 27.5 Å². The van der Waals surface area contributed by atoms with Gasteiger partial charge in [-0.3, -0.25) is 4.79 Å². The van der Waals surface area contributed by atoms with Crippen molar-refractivity contribution < 1.29 is 17.9 Å². The first-order valence-corrected chi connectivity index (χ1v) is 9.97. The molecule has 1 aromatic rings. The number of nitrogens with one attached hydrogen (secondary N) is 2. The van der Waals surface area contributed by atoms with Crippen molar-refractivity contribution in [3.05, 3.63) is 17.7 Å². The van der Waals surface area contributed by atoms with Crippen LogP contribution >= 0.6 is 0 Å². The molecule has 2 aliphatic carbocycles. The van der Waals surface area contributed by atoms with E-state index in [9.17, 15) is 13.2 Å². The largest absolute Gasteiger partial charge is 0.482 e. The zero-order chi connectivity index (χ0) is 16.9. The van der Waals surface area contributed by atoms with E-state index in [2.05, 4.69) is 10.0 Å². The molecule has 7 heteroatoms. The second-order valence-electron chi connectivity index (χ2n) is 7.24. The minimum absolute atomic E-state index is 0.0407. The molecule has 130 valence electrons. The van der Waals surface area contributed by atoms with Crippen molar-refractivity contribution in [2.75, 3.05) is 18.5 Å². The van der Waals surface area contributed by atoms with Gasteiger partial charge in [0.05, 0.1) is 10.6 Å². The van der Waals surface area contributed by atoms with E-state index >= 15 is 0 Å². The normalized spacial score (nSPS) is 28.4. The predicted molar refractivity (Wildman–Crippen MR) is 89.4 cm³/mol. The van der Waals surface area contributed by atoms with Crippen LogP contribution in [0.1, 0.15) is 31.2 Å². The van der Waals surface area contributed by atoms with Crippen LogP contribution in [0.3, 0.4) is 0 Å². The summed E-state index contributed by atoms with van der Waals surface area (Å²) in [7, 11) is -3.60. The molecule has 2 fully saturated rings. The summed E-state index contributed by atoms with van der Waals surface area (Å²) in [5.74, 6) is 2.17. The Balaban J connectivity index is 1.53. The van der Waals surface area contributed by atoms with Crippen molar-refractivity contribution in [1.82, 2.24) is 4.72 Å². The number of rotatable bonds is 4. The summed E-state index contributed by atoms with van der Waals surface area (Å²) in [4.78, 5) is 11.6. The number of carbonyl (C=O) groups excluding carboxylic acids is 1. The van der Waals surface area contributed by atoms with Crippen molar-refractivity contribution in [3.8, 4) is 5.75 Å². The van der Waals surface area contributed by atoms with Crippen LogP contribution < -0.4 is 14.8 Å². The highest BCUT2D eigenvalue weighted by Gasteiger charge is 2.39. The lowest BCUT2D eigenvalue weighted by Crippen LogP contribution is -2.32. The Morgan fingerprint density at radius 2 is 2.12 bits per heavy atom. The van der Waals surface area contributed by atoms with Gasteiger partial charge in [-0.25, -0.2) is 13.1 Å². The highest BCUT2D eigenvalue weighted by molar-refractivity contribution is 7.89. The third kappa shape index (κ3) is 2.80. The number of carbonyl (C=O) groups is 1. The molecule has 1 heterocycles. The van der Waals surface area contributed by atoms with Crippen molar-refractivity contribution in [2.45, 2.75) is 37.5 Å². The third-order valence-corrected chi connectivity index (χ3v) is 7.19. The van der Waals surface area contributed by atoms with E-state index in [1.54, 1.807) is 13.0 Å². The Morgan fingerprint density at radius 3 is 2.83 bits per heavy atom. The van der Waals surface area contributed by atoms with Crippen molar-refractivity contribution >= 4 is 21.6 Å². The number of aryl methyl sites for hydroxylation is 1. The number of ether oxygens (including phenoxy) is 1. The highest BCUT2D eigenvalue weighted by Crippen LogP contribution is 2.48. The van der Waals surface area contributed by atoms with E-state index in [1.807, 2.05) is 0 Å². The first kappa shape index (κ1) is 15.9. The van der Waals surface area contributed by atoms with Gasteiger partial charge in [0.15, 0.2) is 6.61 Å². The standard InChI is InChI=1S/C17H22N2O4S/c1-10-4-15-14(19-17(20)9-23-15)7-16(10)24(21,22)18-8-13-6-11-2-3-12(13)5-11/h4,7,11-13,18H,2-3,5-6,8-9H2,1H3,(H,19,20)/t11-,12-,13-/m0/s1. The molecule has 0 spiro atoms. The summed E-state index contributed by atoms with van der Waals surface area (Å²) in [6.45, 7) is 2.20. The van der Waals surface area contributed by atoms with Crippen LogP contribution in [0.15, 0.2) is 17.0 Å². The average molecular weight is 350 g/mol. The molecule has 3 atom stereocenters. The van der Waals surface area contributed by atoms with Gasteiger partial charge in [-0.05, 0) is 61.6 Å². The number of fused-ring (bicyclic) bond motifs is 3. The summed E-state index contributed by atoms with van der Waals surface area (Å²) < 4.78 is 33.5. The maximum absolute atomic E-state index is 12.7. The molecule has 0 unspecified atom stereocenters. The Bertz CT molecular complexity index is 790. The summed E-state index contributed by atoms with van der Waals surface area (Å²) in [6, 6.07) is 3.16. The van der Waals surface area contributed by atoms with Gasteiger partial charge in [-0.15, -0.1) is 0 Å². The molecular weight excluding hydrogens is 328 g/mol. The molecule has 1 aliphatic heterocycles.